The molecule has 2 rings (SSSR count). The summed E-state index contributed by atoms with van der Waals surface area (Å²) in [5.74, 6) is 0.887. The monoisotopic (exact) mass is 313 g/mol. The van der Waals surface area contributed by atoms with Crippen LogP contribution in [-0.2, 0) is 12.8 Å². The van der Waals surface area contributed by atoms with Crippen LogP contribution in [0.25, 0.3) is 0 Å². The lowest BCUT2D eigenvalue weighted by Gasteiger charge is -2.18. The molecule has 0 amide bonds. The van der Waals surface area contributed by atoms with Crippen molar-refractivity contribution in [2.24, 2.45) is 0 Å². The number of likely N-dealkylation sites (N-methyl/N-ethyl adjacent to an activating group) is 1. The Bertz CT molecular complexity index is 569. The summed E-state index contributed by atoms with van der Waals surface area (Å²) in [7, 11) is 3.89. The highest BCUT2D eigenvalue weighted by molar-refractivity contribution is 5.33. The highest BCUT2D eigenvalue weighted by atomic mass is 16.5. The first-order chi connectivity index (χ1) is 11.1. The molecule has 2 aromatic carbocycles. The number of aliphatic hydroxyl groups is 1. The Labute approximate surface area is 139 Å². The summed E-state index contributed by atoms with van der Waals surface area (Å²) in [5.41, 5.74) is 2.58. The van der Waals surface area contributed by atoms with Crippen molar-refractivity contribution in [2.75, 3.05) is 27.2 Å². The summed E-state index contributed by atoms with van der Waals surface area (Å²) in [6.45, 7) is 0.935. The third-order valence-corrected chi connectivity index (χ3v) is 3.73. The number of para-hydroxylation sites is 1. The molecule has 0 aliphatic rings. The van der Waals surface area contributed by atoms with Crippen molar-refractivity contribution in [2.45, 2.75) is 25.4 Å². The molecule has 0 aromatic heterocycles. The van der Waals surface area contributed by atoms with E-state index in [1.807, 2.05) is 43.3 Å². The second-order valence-electron chi connectivity index (χ2n) is 6.17. The number of rotatable bonds is 9. The summed E-state index contributed by atoms with van der Waals surface area (Å²) >= 11 is 0. The molecule has 2 aromatic rings. The number of hydrogen-bond donors (Lipinski definition) is 1. The van der Waals surface area contributed by atoms with Gasteiger partial charge < -0.3 is 14.7 Å². The number of aliphatic hydroxyl groups excluding tert-OH is 1. The van der Waals surface area contributed by atoms with Crippen LogP contribution in [0.1, 0.15) is 17.5 Å². The molecule has 0 saturated heterocycles. The first kappa shape index (κ1) is 17.5. The van der Waals surface area contributed by atoms with Crippen molar-refractivity contribution >= 4 is 0 Å². The van der Waals surface area contributed by atoms with Crippen molar-refractivity contribution in [3.05, 3.63) is 65.7 Å². The Morgan fingerprint density at radius 2 is 1.65 bits per heavy atom. The van der Waals surface area contributed by atoms with E-state index in [1.165, 1.54) is 11.1 Å². The second-order valence-corrected chi connectivity index (χ2v) is 6.17. The highest BCUT2D eigenvalue weighted by Gasteiger charge is 2.09. The van der Waals surface area contributed by atoms with E-state index in [-0.39, 0.29) is 0 Å². The van der Waals surface area contributed by atoms with E-state index in [2.05, 4.69) is 30.3 Å². The number of aryl methyl sites for hydroxylation is 2. The van der Waals surface area contributed by atoms with Gasteiger partial charge in [0.1, 0.15) is 18.5 Å². The maximum Gasteiger partial charge on any atom is 0.122 e. The predicted molar refractivity (Wildman–Crippen MR) is 95.0 cm³/mol. The molecular formula is C20H27NO2. The fourth-order valence-electron chi connectivity index (χ4n) is 2.64. The lowest BCUT2D eigenvalue weighted by atomic mass is 10.0. The van der Waals surface area contributed by atoms with Gasteiger partial charge >= 0.3 is 0 Å². The normalized spacial score (nSPS) is 12.3. The van der Waals surface area contributed by atoms with Crippen LogP contribution in [0.4, 0.5) is 0 Å². The first-order valence-electron chi connectivity index (χ1n) is 8.22. The Morgan fingerprint density at radius 3 is 2.39 bits per heavy atom. The zero-order chi connectivity index (χ0) is 16.5. The van der Waals surface area contributed by atoms with E-state index in [4.69, 9.17) is 4.74 Å². The van der Waals surface area contributed by atoms with Crippen molar-refractivity contribution in [3.8, 4) is 5.75 Å². The van der Waals surface area contributed by atoms with Gasteiger partial charge in [0.25, 0.3) is 0 Å². The van der Waals surface area contributed by atoms with Crippen LogP contribution in [0.15, 0.2) is 54.6 Å². The van der Waals surface area contributed by atoms with Gasteiger partial charge in [0.05, 0.1) is 0 Å². The van der Waals surface area contributed by atoms with Gasteiger partial charge in [-0.3, -0.25) is 0 Å². The summed E-state index contributed by atoms with van der Waals surface area (Å²) in [4.78, 5) is 1.96. The molecule has 0 aliphatic carbocycles. The van der Waals surface area contributed by atoms with Gasteiger partial charge in [-0.2, -0.15) is 0 Å². The average molecular weight is 313 g/mol. The van der Waals surface area contributed by atoms with Gasteiger partial charge in [0.2, 0.25) is 0 Å². The van der Waals surface area contributed by atoms with E-state index in [1.54, 1.807) is 0 Å². The van der Waals surface area contributed by atoms with Crippen LogP contribution >= 0.6 is 0 Å². The fraction of sp³-hybridized carbons (Fsp3) is 0.400. The third kappa shape index (κ3) is 6.43. The predicted octanol–water partition coefficient (Wildman–Crippen LogP) is 3.16. The third-order valence-electron chi connectivity index (χ3n) is 3.73. The molecule has 0 saturated carbocycles. The highest BCUT2D eigenvalue weighted by Crippen LogP contribution is 2.20. The molecule has 0 fully saturated rings. The lowest BCUT2D eigenvalue weighted by Crippen LogP contribution is -2.30. The average Bonchev–Trinajstić information content (AvgIpc) is 2.54. The Balaban J connectivity index is 1.84. The minimum atomic E-state index is -0.470. The summed E-state index contributed by atoms with van der Waals surface area (Å²) in [5, 5.41) is 9.93. The second kappa shape index (κ2) is 9.33. The molecule has 0 bridgehead atoms. The van der Waals surface area contributed by atoms with Crippen LogP contribution in [-0.4, -0.2) is 43.4 Å². The fourth-order valence-corrected chi connectivity index (χ4v) is 2.64. The molecule has 1 unspecified atom stereocenters. The van der Waals surface area contributed by atoms with Crippen LogP contribution in [0.3, 0.4) is 0 Å². The van der Waals surface area contributed by atoms with E-state index in [9.17, 15) is 5.11 Å². The molecule has 3 nitrogen and oxygen atoms in total. The quantitative estimate of drug-likeness (QED) is 0.772. The molecule has 1 atom stereocenters. The number of benzene rings is 2. The van der Waals surface area contributed by atoms with Crippen LogP contribution in [0, 0.1) is 0 Å². The molecule has 3 heteroatoms. The maximum absolute atomic E-state index is 9.93. The molecule has 1 N–H and O–H groups in total. The molecule has 23 heavy (non-hydrogen) atoms. The molecule has 124 valence electrons. The number of hydrogen-bond acceptors (Lipinski definition) is 3. The van der Waals surface area contributed by atoms with Gasteiger partial charge in [0.15, 0.2) is 0 Å². The van der Waals surface area contributed by atoms with Gasteiger partial charge in [-0.1, -0.05) is 48.5 Å². The van der Waals surface area contributed by atoms with Gasteiger partial charge in [0, 0.05) is 6.54 Å². The van der Waals surface area contributed by atoms with Crippen molar-refractivity contribution < 1.29 is 9.84 Å². The van der Waals surface area contributed by atoms with Crippen LogP contribution < -0.4 is 4.74 Å². The molecular weight excluding hydrogens is 286 g/mol. The minimum Gasteiger partial charge on any atom is -0.491 e. The van der Waals surface area contributed by atoms with E-state index in [0.29, 0.717) is 13.2 Å². The number of ether oxygens (including phenoxy) is 1. The largest absolute Gasteiger partial charge is 0.491 e. The van der Waals surface area contributed by atoms with Gasteiger partial charge in [-0.05, 0) is 50.6 Å². The molecule has 0 spiro atoms. The Morgan fingerprint density at radius 1 is 0.957 bits per heavy atom. The van der Waals surface area contributed by atoms with Crippen LogP contribution in [0.2, 0.25) is 0 Å². The Hall–Kier alpha value is -1.84. The summed E-state index contributed by atoms with van der Waals surface area (Å²) in [6.07, 6.45) is 2.67. The van der Waals surface area contributed by atoms with Gasteiger partial charge in [-0.25, -0.2) is 0 Å². The van der Waals surface area contributed by atoms with E-state index >= 15 is 0 Å². The van der Waals surface area contributed by atoms with E-state index in [0.717, 1.165) is 25.0 Å². The Kier molecular flexibility index (Phi) is 7.11. The van der Waals surface area contributed by atoms with E-state index < -0.39 is 6.10 Å². The standard InChI is InChI=1S/C20H27NO2/c1-21(2)15-19(22)16-23-20-14-7-6-12-18(20)13-8-11-17-9-4-3-5-10-17/h3-7,9-10,12,14,19,22H,8,11,13,15-16H2,1-2H3. The first-order valence-corrected chi connectivity index (χ1v) is 8.22. The molecule has 0 heterocycles. The smallest absolute Gasteiger partial charge is 0.122 e. The lowest BCUT2D eigenvalue weighted by molar-refractivity contribution is 0.0827. The van der Waals surface area contributed by atoms with Crippen molar-refractivity contribution in [1.82, 2.24) is 4.90 Å². The summed E-state index contributed by atoms with van der Waals surface area (Å²) < 4.78 is 5.83. The maximum atomic E-state index is 9.93. The van der Waals surface area contributed by atoms with Crippen molar-refractivity contribution in [3.63, 3.8) is 0 Å². The SMILES string of the molecule is CN(C)CC(O)COc1ccccc1CCCc1ccccc1. The topological polar surface area (TPSA) is 32.7 Å². The molecule has 0 aliphatic heterocycles. The number of nitrogens with zero attached hydrogens (tertiary/aromatic N) is 1. The molecule has 0 radical (unpaired) electrons. The summed E-state index contributed by atoms with van der Waals surface area (Å²) in [6, 6.07) is 18.7. The van der Waals surface area contributed by atoms with Gasteiger partial charge in [-0.15, -0.1) is 0 Å². The van der Waals surface area contributed by atoms with Crippen molar-refractivity contribution in [1.29, 1.82) is 0 Å². The zero-order valence-corrected chi connectivity index (χ0v) is 14.1. The van der Waals surface area contributed by atoms with Crippen LogP contribution in [0.5, 0.6) is 5.75 Å². The zero-order valence-electron chi connectivity index (χ0n) is 14.1. The minimum absolute atomic E-state index is 0.327.